The molecule has 0 spiro atoms. The Balaban J connectivity index is 1.23. The number of oxazole rings is 1. The second kappa shape index (κ2) is 6.97. The van der Waals surface area contributed by atoms with E-state index < -0.39 is 0 Å². The Morgan fingerprint density at radius 1 is 1.04 bits per heavy atom. The zero-order valence-electron chi connectivity index (χ0n) is 15.9. The summed E-state index contributed by atoms with van der Waals surface area (Å²) < 4.78 is 5.88. The number of rotatable bonds is 4. The number of nitrogens with one attached hydrogen (secondary N) is 1. The highest BCUT2D eigenvalue weighted by Gasteiger charge is 2.41. The van der Waals surface area contributed by atoms with Gasteiger partial charge in [0.15, 0.2) is 5.58 Å². The Kier molecular flexibility index (Phi) is 4.30. The quantitative estimate of drug-likeness (QED) is 0.741. The molecule has 2 heterocycles. The van der Waals surface area contributed by atoms with Gasteiger partial charge in [-0.2, -0.15) is 4.98 Å². The van der Waals surface area contributed by atoms with Crippen LogP contribution in [0.3, 0.4) is 0 Å². The lowest BCUT2D eigenvalue weighted by atomic mass is 9.71. The molecule has 1 aliphatic carbocycles. The van der Waals surface area contributed by atoms with Crippen molar-refractivity contribution in [2.75, 3.05) is 18.0 Å². The standard InChI is InChI=1S/C23H25N3O2/c27-21(25-23(13-6-14-23)18-7-2-1-3-8-18)17-11-15-26(16-12-17)22-24-19-9-4-5-10-20(19)28-22/h1-5,7-10,17H,6,11-16H2,(H,25,27). The fourth-order valence-electron chi connectivity index (χ4n) is 4.44. The van der Waals surface area contributed by atoms with Crippen molar-refractivity contribution in [3.05, 3.63) is 60.2 Å². The average molecular weight is 375 g/mol. The van der Waals surface area contributed by atoms with Gasteiger partial charge in [-0.3, -0.25) is 4.79 Å². The van der Waals surface area contributed by atoms with Crippen molar-refractivity contribution in [2.24, 2.45) is 5.92 Å². The first-order valence-corrected chi connectivity index (χ1v) is 10.2. The van der Waals surface area contributed by atoms with E-state index in [-0.39, 0.29) is 17.4 Å². The van der Waals surface area contributed by atoms with E-state index in [9.17, 15) is 4.79 Å². The maximum absolute atomic E-state index is 13.0. The van der Waals surface area contributed by atoms with Crippen LogP contribution in [0.1, 0.15) is 37.7 Å². The lowest BCUT2D eigenvalue weighted by Crippen LogP contribution is -2.53. The maximum atomic E-state index is 13.0. The maximum Gasteiger partial charge on any atom is 0.298 e. The van der Waals surface area contributed by atoms with E-state index in [4.69, 9.17) is 4.42 Å². The minimum Gasteiger partial charge on any atom is -0.423 e. The molecule has 0 atom stereocenters. The van der Waals surface area contributed by atoms with Crippen molar-refractivity contribution >= 4 is 23.0 Å². The number of para-hydroxylation sites is 2. The lowest BCUT2D eigenvalue weighted by molar-refractivity contribution is -0.129. The zero-order chi connectivity index (χ0) is 19.0. The molecule has 0 unspecified atom stereocenters. The van der Waals surface area contributed by atoms with Crippen LogP contribution in [-0.4, -0.2) is 24.0 Å². The number of hydrogen-bond acceptors (Lipinski definition) is 4. The summed E-state index contributed by atoms with van der Waals surface area (Å²) in [6, 6.07) is 18.9. The van der Waals surface area contributed by atoms with Crippen LogP contribution in [0, 0.1) is 5.92 Å². The van der Waals surface area contributed by atoms with Gasteiger partial charge in [-0.15, -0.1) is 0 Å². The van der Waals surface area contributed by atoms with E-state index in [2.05, 4.69) is 39.5 Å². The van der Waals surface area contributed by atoms with E-state index in [1.165, 1.54) is 12.0 Å². The van der Waals surface area contributed by atoms with Gasteiger partial charge < -0.3 is 14.6 Å². The first-order chi connectivity index (χ1) is 13.7. The van der Waals surface area contributed by atoms with Gasteiger partial charge in [-0.25, -0.2) is 0 Å². The fourth-order valence-corrected chi connectivity index (χ4v) is 4.44. The van der Waals surface area contributed by atoms with Crippen LogP contribution in [0.2, 0.25) is 0 Å². The number of hydrogen-bond donors (Lipinski definition) is 1. The molecule has 144 valence electrons. The summed E-state index contributed by atoms with van der Waals surface area (Å²) in [5, 5.41) is 3.40. The molecule has 3 aromatic rings. The molecule has 2 fully saturated rings. The normalized spacial score (nSPS) is 19.4. The topological polar surface area (TPSA) is 58.4 Å². The van der Waals surface area contributed by atoms with Crippen molar-refractivity contribution in [1.82, 2.24) is 10.3 Å². The SMILES string of the molecule is O=C(NC1(c2ccccc2)CCC1)C1CCN(c2nc3ccccc3o2)CC1. The van der Waals surface area contributed by atoms with Gasteiger partial charge in [0.2, 0.25) is 5.91 Å². The van der Waals surface area contributed by atoms with Gasteiger partial charge in [0.25, 0.3) is 6.01 Å². The van der Waals surface area contributed by atoms with Crippen LogP contribution in [0.15, 0.2) is 59.0 Å². The van der Waals surface area contributed by atoms with Crippen molar-refractivity contribution < 1.29 is 9.21 Å². The Labute approximate surface area is 164 Å². The van der Waals surface area contributed by atoms with E-state index in [1.54, 1.807) is 0 Å². The third kappa shape index (κ3) is 3.05. The van der Waals surface area contributed by atoms with Crippen molar-refractivity contribution in [3.8, 4) is 0 Å². The van der Waals surface area contributed by atoms with Crippen LogP contribution >= 0.6 is 0 Å². The molecule has 5 heteroatoms. The summed E-state index contributed by atoms with van der Waals surface area (Å²) in [5.74, 6) is 0.252. The predicted octanol–water partition coefficient (Wildman–Crippen LogP) is 4.24. The second-order valence-corrected chi connectivity index (χ2v) is 8.02. The third-order valence-electron chi connectivity index (χ3n) is 6.31. The Hall–Kier alpha value is -2.82. The molecule has 1 aromatic heterocycles. The fraction of sp³-hybridized carbons (Fsp3) is 0.391. The Bertz CT molecular complexity index is 937. The van der Waals surface area contributed by atoms with Crippen molar-refractivity contribution in [3.63, 3.8) is 0 Å². The van der Waals surface area contributed by atoms with E-state index >= 15 is 0 Å². The second-order valence-electron chi connectivity index (χ2n) is 8.02. The monoisotopic (exact) mass is 375 g/mol. The summed E-state index contributed by atoms with van der Waals surface area (Å²) in [7, 11) is 0. The minimum atomic E-state index is -0.157. The van der Waals surface area contributed by atoms with Gasteiger partial charge in [0.05, 0.1) is 5.54 Å². The van der Waals surface area contributed by atoms with Crippen LogP contribution in [-0.2, 0) is 10.3 Å². The summed E-state index contributed by atoms with van der Waals surface area (Å²) >= 11 is 0. The molecule has 28 heavy (non-hydrogen) atoms. The van der Waals surface area contributed by atoms with Crippen molar-refractivity contribution in [2.45, 2.75) is 37.6 Å². The van der Waals surface area contributed by atoms with Gasteiger partial charge in [-0.05, 0) is 49.8 Å². The molecule has 0 radical (unpaired) electrons. The number of anilines is 1. The highest BCUT2D eigenvalue weighted by Crippen LogP contribution is 2.41. The Morgan fingerprint density at radius 2 is 1.75 bits per heavy atom. The third-order valence-corrected chi connectivity index (χ3v) is 6.31. The van der Waals surface area contributed by atoms with E-state index in [0.717, 1.165) is 49.9 Å². The molecule has 1 amide bonds. The van der Waals surface area contributed by atoms with Crippen LogP contribution < -0.4 is 10.2 Å². The molecule has 1 saturated heterocycles. The number of carbonyl (C=O) groups is 1. The number of carbonyl (C=O) groups excluding carboxylic acids is 1. The zero-order valence-corrected chi connectivity index (χ0v) is 15.9. The first-order valence-electron chi connectivity index (χ1n) is 10.2. The largest absolute Gasteiger partial charge is 0.423 e. The molecular formula is C23H25N3O2. The number of fused-ring (bicyclic) bond motifs is 1. The van der Waals surface area contributed by atoms with Crippen LogP contribution in [0.25, 0.3) is 11.1 Å². The summed E-state index contributed by atoms with van der Waals surface area (Å²) in [4.78, 5) is 19.7. The summed E-state index contributed by atoms with van der Waals surface area (Å²) in [6.45, 7) is 1.59. The molecule has 5 nitrogen and oxygen atoms in total. The van der Waals surface area contributed by atoms with E-state index in [1.807, 2.05) is 30.3 Å². The number of amides is 1. The number of nitrogens with zero attached hydrogens (tertiary/aromatic N) is 2. The van der Waals surface area contributed by atoms with Crippen molar-refractivity contribution in [1.29, 1.82) is 0 Å². The van der Waals surface area contributed by atoms with Crippen LogP contribution in [0.5, 0.6) is 0 Å². The van der Waals surface area contributed by atoms with Gasteiger partial charge >= 0.3 is 0 Å². The predicted molar refractivity (Wildman–Crippen MR) is 109 cm³/mol. The molecule has 2 aliphatic rings. The molecule has 0 bridgehead atoms. The summed E-state index contributed by atoms with van der Waals surface area (Å²) in [5.41, 5.74) is 2.77. The molecule has 5 rings (SSSR count). The lowest BCUT2D eigenvalue weighted by Gasteiger charge is -2.44. The number of benzene rings is 2. The van der Waals surface area contributed by atoms with Gasteiger partial charge in [0.1, 0.15) is 5.52 Å². The molecule has 1 aliphatic heterocycles. The van der Waals surface area contributed by atoms with Gasteiger partial charge in [-0.1, -0.05) is 42.5 Å². The smallest absolute Gasteiger partial charge is 0.298 e. The first kappa shape index (κ1) is 17.3. The molecular weight excluding hydrogens is 350 g/mol. The van der Waals surface area contributed by atoms with E-state index in [0.29, 0.717) is 6.01 Å². The Morgan fingerprint density at radius 3 is 2.43 bits per heavy atom. The summed E-state index contributed by atoms with van der Waals surface area (Å²) in [6.07, 6.45) is 4.89. The van der Waals surface area contributed by atoms with Gasteiger partial charge in [0, 0.05) is 19.0 Å². The minimum absolute atomic E-state index is 0.0572. The average Bonchev–Trinajstić information content (AvgIpc) is 3.15. The number of piperidine rings is 1. The highest BCUT2D eigenvalue weighted by atomic mass is 16.4. The van der Waals surface area contributed by atoms with Crippen LogP contribution in [0.4, 0.5) is 6.01 Å². The highest BCUT2D eigenvalue weighted by molar-refractivity contribution is 5.80. The number of aromatic nitrogens is 1. The molecule has 1 N–H and O–H groups in total. The molecule has 2 aromatic carbocycles. The molecule has 1 saturated carbocycles.